The number of imidazole rings is 1. The van der Waals surface area contributed by atoms with Crippen molar-refractivity contribution in [2.45, 2.75) is 77.4 Å². The van der Waals surface area contributed by atoms with Gasteiger partial charge in [0.1, 0.15) is 11.6 Å². The highest BCUT2D eigenvalue weighted by Crippen LogP contribution is 2.31. The van der Waals surface area contributed by atoms with E-state index >= 15 is 0 Å². The molecule has 0 saturated heterocycles. The lowest BCUT2D eigenvalue weighted by Crippen LogP contribution is -2.32. The lowest BCUT2D eigenvalue weighted by molar-refractivity contribution is 0.233. The van der Waals surface area contributed by atoms with Gasteiger partial charge in [0.15, 0.2) is 0 Å². The van der Waals surface area contributed by atoms with Crippen LogP contribution < -0.4 is 0 Å². The maximum absolute atomic E-state index is 5.00. The largest absolute Gasteiger partial charge is 0.327 e. The minimum absolute atomic E-state index is 0.584. The van der Waals surface area contributed by atoms with Crippen molar-refractivity contribution in [1.29, 1.82) is 0 Å². The van der Waals surface area contributed by atoms with Crippen molar-refractivity contribution in [1.82, 2.24) is 24.4 Å². The van der Waals surface area contributed by atoms with Gasteiger partial charge in [-0.3, -0.25) is 4.90 Å². The van der Waals surface area contributed by atoms with Gasteiger partial charge in [-0.15, -0.1) is 0 Å². The van der Waals surface area contributed by atoms with Crippen molar-refractivity contribution in [2.24, 2.45) is 0 Å². The van der Waals surface area contributed by atoms with Gasteiger partial charge in [-0.1, -0.05) is 38.3 Å². The first kappa shape index (κ1) is 18.7. The second-order valence-corrected chi connectivity index (χ2v) is 8.66. The van der Waals surface area contributed by atoms with Crippen LogP contribution in [0.2, 0.25) is 0 Å². The average molecular weight is 390 g/mol. The molecule has 0 atom stereocenters. The third-order valence-corrected chi connectivity index (χ3v) is 6.55. The third kappa shape index (κ3) is 3.80. The molecule has 1 aromatic carbocycles. The number of para-hydroxylation sites is 2. The van der Waals surface area contributed by atoms with E-state index in [9.17, 15) is 0 Å². The Morgan fingerprint density at radius 3 is 2.79 bits per heavy atom. The first-order chi connectivity index (χ1) is 14.3. The summed E-state index contributed by atoms with van der Waals surface area (Å²) in [7, 11) is 0. The van der Waals surface area contributed by atoms with Gasteiger partial charge in [0.05, 0.1) is 17.6 Å². The third-order valence-electron chi connectivity index (χ3n) is 6.55. The van der Waals surface area contributed by atoms with Gasteiger partial charge in [-0.2, -0.15) is 0 Å². The maximum atomic E-state index is 5.00. The predicted molar refractivity (Wildman–Crippen MR) is 116 cm³/mol. The van der Waals surface area contributed by atoms with Crippen molar-refractivity contribution < 1.29 is 0 Å². The smallest absolute Gasteiger partial charge is 0.131 e. The quantitative estimate of drug-likeness (QED) is 0.626. The van der Waals surface area contributed by atoms with E-state index in [2.05, 4.69) is 46.9 Å². The van der Waals surface area contributed by atoms with Crippen LogP contribution >= 0.6 is 0 Å². The molecule has 0 spiro atoms. The first-order valence-corrected chi connectivity index (χ1v) is 11.3. The van der Waals surface area contributed by atoms with Gasteiger partial charge in [0.25, 0.3) is 0 Å². The number of rotatable bonds is 5. The second-order valence-electron chi connectivity index (χ2n) is 8.66. The Morgan fingerprint density at radius 2 is 1.93 bits per heavy atom. The summed E-state index contributed by atoms with van der Waals surface area (Å²) in [6.07, 6.45) is 10.8. The molecule has 0 unspecified atom stereocenters. The number of hydrogen-bond acceptors (Lipinski definition) is 4. The van der Waals surface area contributed by atoms with E-state index in [4.69, 9.17) is 15.0 Å². The summed E-state index contributed by atoms with van der Waals surface area (Å²) in [6, 6.07) is 8.50. The molecule has 0 radical (unpaired) electrons. The first-order valence-electron chi connectivity index (χ1n) is 11.3. The van der Waals surface area contributed by atoms with Gasteiger partial charge in [-0.25, -0.2) is 15.0 Å². The van der Waals surface area contributed by atoms with E-state index in [0.717, 1.165) is 50.4 Å². The van der Waals surface area contributed by atoms with Crippen molar-refractivity contribution in [2.75, 3.05) is 6.54 Å². The zero-order valence-electron chi connectivity index (χ0n) is 17.5. The summed E-state index contributed by atoms with van der Waals surface area (Å²) in [6.45, 7) is 6.11. The van der Waals surface area contributed by atoms with Gasteiger partial charge < -0.3 is 4.57 Å². The number of fused-ring (bicyclic) bond motifs is 2. The van der Waals surface area contributed by atoms with Crippen LogP contribution in [0.3, 0.4) is 0 Å². The Morgan fingerprint density at radius 1 is 1.07 bits per heavy atom. The summed E-state index contributed by atoms with van der Waals surface area (Å²) in [5.74, 6) is 2.86. The topological polar surface area (TPSA) is 46.8 Å². The van der Waals surface area contributed by atoms with Gasteiger partial charge >= 0.3 is 0 Å². The highest BCUT2D eigenvalue weighted by molar-refractivity contribution is 5.75. The summed E-state index contributed by atoms with van der Waals surface area (Å²) < 4.78 is 2.40. The molecule has 2 aliphatic rings. The molecule has 1 fully saturated rings. The van der Waals surface area contributed by atoms with Crippen LogP contribution in [0, 0.1) is 0 Å². The molecule has 3 aromatic rings. The minimum atomic E-state index is 0.584. The van der Waals surface area contributed by atoms with Gasteiger partial charge in [0, 0.05) is 49.4 Å². The van der Waals surface area contributed by atoms with Gasteiger partial charge in [0.2, 0.25) is 0 Å². The van der Waals surface area contributed by atoms with Crippen LogP contribution in [-0.2, 0) is 26.1 Å². The van der Waals surface area contributed by atoms with Crippen LogP contribution in [0.25, 0.3) is 11.0 Å². The number of nitrogens with zero attached hydrogens (tertiary/aromatic N) is 5. The Hall–Kier alpha value is -2.27. The molecule has 1 aliphatic heterocycles. The van der Waals surface area contributed by atoms with E-state index in [1.54, 1.807) is 0 Å². The highest BCUT2D eigenvalue weighted by atomic mass is 15.2. The lowest BCUT2D eigenvalue weighted by atomic mass is 9.88. The zero-order valence-corrected chi connectivity index (χ0v) is 17.5. The molecule has 5 heteroatoms. The number of hydrogen-bond donors (Lipinski definition) is 0. The molecular weight excluding hydrogens is 358 g/mol. The number of benzene rings is 1. The summed E-state index contributed by atoms with van der Waals surface area (Å²) >= 11 is 0. The van der Waals surface area contributed by atoms with E-state index in [1.165, 1.54) is 54.7 Å². The summed E-state index contributed by atoms with van der Waals surface area (Å²) in [4.78, 5) is 17.2. The molecule has 1 saturated carbocycles. The Labute approximate surface area is 173 Å². The second kappa shape index (κ2) is 8.23. The average Bonchev–Trinajstić information content (AvgIpc) is 3.11. The molecule has 152 valence electrons. The fraction of sp³-hybridized carbons (Fsp3) is 0.542. The SMILES string of the molecule is CCCn1c(CN2CCc3nc(C4CCCCC4)ncc3C2)nc2ccccc21. The molecule has 29 heavy (non-hydrogen) atoms. The van der Waals surface area contributed by atoms with Crippen LogP contribution in [0.1, 0.15) is 74.3 Å². The fourth-order valence-corrected chi connectivity index (χ4v) is 5.00. The summed E-state index contributed by atoms with van der Waals surface area (Å²) in [5, 5.41) is 0. The lowest BCUT2D eigenvalue weighted by Gasteiger charge is -2.29. The molecule has 0 amide bonds. The van der Waals surface area contributed by atoms with E-state index < -0.39 is 0 Å². The monoisotopic (exact) mass is 389 g/mol. The van der Waals surface area contributed by atoms with Crippen molar-refractivity contribution in [3.05, 3.63) is 53.4 Å². The maximum Gasteiger partial charge on any atom is 0.131 e. The van der Waals surface area contributed by atoms with Crippen molar-refractivity contribution >= 4 is 11.0 Å². The molecule has 1 aliphatic carbocycles. The molecule has 0 N–H and O–H groups in total. The van der Waals surface area contributed by atoms with Crippen LogP contribution in [0.4, 0.5) is 0 Å². The molecule has 5 rings (SSSR count). The molecule has 3 heterocycles. The van der Waals surface area contributed by atoms with Crippen LogP contribution in [-0.4, -0.2) is 31.0 Å². The zero-order chi connectivity index (χ0) is 19.6. The van der Waals surface area contributed by atoms with Crippen LogP contribution in [0.5, 0.6) is 0 Å². The molecule has 2 aromatic heterocycles. The molecular formula is C24H31N5. The Balaban J connectivity index is 1.34. The molecule has 5 nitrogen and oxygen atoms in total. The van der Waals surface area contributed by atoms with Crippen molar-refractivity contribution in [3.8, 4) is 0 Å². The molecule has 0 bridgehead atoms. The van der Waals surface area contributed by atoms with Crippen molar-refractivity contribution in [3.63, 3.8) is 0 Å². The minimum Gasteiger partial charge on any atom is -0.327 e. The standard InChI is InChI=1S/C24H31N5/c1-2-13-29-22-11-7-6-10-21(22)26-23(29)17-28-14-12-20-19(16-28)15-25-24(27-20)18-8-4-3-5-9-18/h6-7,10-11,15,18H,2-5,8-9,12-14,16-17H2,1H3. The fourth-order valence-electron chi connectivity index (χ4n) is 5.00. The van der Waals surface area contributed by atoms with E-state index in [0.29, 0.717) is 5.92 Å². The Kier molecular flexibility index (Phi) is 5.32. The number of aromatic nitrogens is 4. The summed E-state index contributed by atoms with van der Waals surface area (Å²) in [5.41, 5.74) is 4.93. The highest BCUT2D eigenvalue weighted by Gasteiger charge is 2.23. The van der Waals surface area contributed by atoms with E-state index in [1.807, 2.05) is 0 Å². The normalized spacial score (nSPS) is 18.2. The van der Waals surface area contributed by atoms with E-state index in [-0.39, 0.29) is 0 Å². The number of aryl methyl sites for hydroxylation is 1. The van der Waals surface area contributed by atoms with Gasteiger partial charge in [-0.05, 0) is 31.4 Å². The predicted octanol–water partition coefficient (Wildman–Crippen LogP) is 4.84. The Bertz CT molecular complexity index is 986. The van der Waals surface area contributed by atoms with Crippen LogP contribution in [0.15, 0.2) is 30.5 Å².